The van der Waals surface area contributed by atoms with Crippen LogP contribution in [0, 0.1) is 6.92 Å². The molecule has 1 saturated heterocycles. The quantitative estimate of drug-likeness (QED) is 0.416. The summed E-state index contributed by atoms with van der Waals surface area (Å²) in [5, 5.41) is 0.771. The van der Waals surface area contributed by atoms with Crippen molar-refractivity contribution in [2.75, 3.05) is 6.54 Å². The number of amides is 1. The zero-order valence-electron chi connectivity index (χ0n) is 18.6. The first-order chi connectivity index (χ1) is 15.3. The van der Waals surface area contributed by atoms with Gasteiger partial charge in [0.15, 0.2) is 0 Å². The number of nitrogens with zero attached hydrogens (tertiary/aromatic N) is 1. The third-order valence-electron chi connectivity index (χ3n) is 5.91. The van der Waals surface area contributed by atoms with E-state index in [1.54, 1.807) is 23.1 Å². The topological polar surface area (TPSA) is 76.8 Å². The van der Waals surface area contributed by atoms with E-state index >= 15 is 0 Å². The molecule has 6 heteroatoms. The number of fused-ring (bicyclic) bond motifs is 1. The average Bonchev–Trinajstić information content (AvgIpc) is 3.15. The van der Waals surface area contributed by atoms with Gasteiger partial charge in [-0.05, 0) is 60.2 Å². The van der Waals surface area contributed by atoms with Crippen LogP contribution in [0.15, 0.2) is 51.7 Å². The summed E-state index contributed by atoms with van der Waals surface area (Å²) in [6, 6.07) is 12.4. The first kappa shape index (κ1) is 21.8. The summed E-state index contributed by atoms with van der Waals surface area (Å²) >= 11 is 0. The second-order valence-corrected chi connectivity index (χ2v) is 8.65. The Morgan fingerprint density at radius 1 is 1.16 bits per heavy atom. The maximum Gasteiger partial charge on any atom is 0.338 e. The van der Waals surface area contributed by atoms with E-state index in [4.69, 9.17) is 9.15 Å². The zero-order valence-corrected chi connectivity index (χ0v) is 18.6. The average molecular weight is 434 g/mol. The lowest BCUT2D eigenvalue weighted by Crippen LogP contribution is -2.23. The van der Waals surface area contributed by atoms with Crippen LogP contribution < -0.4 is 5.63 Å². The number of ether oxygens (including phenoxy) is 1. The number of benzene rings is 2. The molecule has 0 atom stereocenters. The van der Waals surface area contributed by atoms with Crippen molar-refractivity contribution in [1.29, 1.82) is 0 Å². The van der Waals surface area contributed by atoms with E-state index in [2.05, 4.69) is 13.8 Å². The van der Waals surface area contributed by atoms with Gasteiger partial charge in [-0.3, -0.25) is 4.79 Å². The monoisotopic (exact) mass is 433 g/mol. The van der Waals surface area contributed by atoms with Crippen molar-refractivity contribution >= 4 is 22.8 Å². The second kappa shape index (κ2) is 8.99. The van der Waals surface area contributed by atoms with Crippen LogP contribution >= 0.6 is 0 Å². The van der Waals surface area contributed by atoms with Gasteiger partial charge in [0.1, 0.15) is 12.2 Å². The summed E-state index contributed by atoms with van der Waals surface area (Å²) in [6.45, 7) is 7.41. The van der Waals surface area contributed by atoms with Crippen molar-refractivity contribution in [3.8, 4) is 0 Å². The molecule has 0 spiro atoms. The summed E-state index contributed by atoms with van der Waals surface area (Å²) in [6.07, 6.45) is 1.45. The minimum absolute atomic E-state index is 0.0314. The lowest BCUT2D eigenvalue weighted by molar-refractivity contribution is -0.128. The van der Waals surface area contributed by atoms with Gasteiger partial charge in [-0.25, -0.2) is 9.59 Å². The lowest BCUT2D eigenvalue weighted by Gasteiger charge is -2.16. The van der Waals surface area contributed by atoms with Crippen LogP contribution in [0.1, 0.15) is 65.2 Å². The fourth-order valence-corrected chi connectivity index (χ4v) is 4.25. The first-order valence-electron chi connectivity index (χ1n) is 10.9. The predicted octanol–water partition coefficient (Wildman–Crippen LogP) is 4.70. The number of carbonyl (C=O) groups is 2. The Bertz CT molecular complexity index is 1240. The minimum Gasteiger partial charge on any atom is -0.457 e. The van der Waals surface area contributed by atoms with Crippen molar-refractivity contribution in [2.45, 2.75) is 52.7 Å². The van der Waals surface area contributed by atoms with Gasteiger partial charge in [0.2, 0.25) is 5.91 Å². The van der Waals surface area contributed by atoms with E-state index < -0.39 is 11.6 Å². The largest absolute Gasteiger partial charge is 0.457 e. The smallest absolute Gasteiger partial charge is 0.338 e. The third kappa shape index (κ3) is 4.59. The van der Waals surface area contributed by atoms with E-state index in [1.807, 2.05) is 25.1 Å². The molecule has 1 fully saturated rings. The molecular formula is C26H27NO5. The highest BCUT2D eigenvalue weighted by Crippen LogP contribution is 2.27. The van der Waals surface area contributed by atoms with E-state index in [-0.39, 0.29) is 12.5 Å². The molecule has 1 amide bonds. The van der Waals surface area contributed by atoms with Crippen molar-refractivity contribution < 1.29 is 18.7 Å². The molecule has 3 aromatic rings. The SMILES string of the molecule is Cc1cc2oc(=O)cc(COC(=O)c3cccc(CN4CCCC4=O)c3)c2cc1C(C)C. The number of aryl methyl sites for hydroxylation is 1. The van der Waals surface area contributed by atoms with Crippen LogP contribution in [0.5, 0.6) is 0 Å². The summed E-state index contributed by atoms with van der Waals surface area (Å²) in [4.78, 5) is 38.4. The van der Waals surface area contributed by atoms with Gasteiger partial charge in [0.05, 0.1) is 5.56 Å². The summed E-state index contributed by atoms with van der Waals surface area (Å²) < 4.78 is 10.9. The molecule has 1 aromatic heterocycles. The zero-order chi connectivity index (χ0) is 22.8. The number of hydrogen-bond donors (Lipinski definition) is 0. The lowest BCUT2D eigenvalue weighted by atomic mass is 9.95. The van der Waals surface area contributed by atoms with Gasteiger partial charge in [-0.1, -0.05) is 26.0 Å². The molecule has 2 aromatic carbocycles. The molecule has 1 aliphatic rings. The Morgan fingerprint density at radius 2 is 1.97 bits per heavy atom. The molecule has 1 aliphatic heterocycles. The van der Waals surface area contributed by atoms with E-state index in [0.717, 1.165) is 35.0 Å². The Balaban J connectivity index is 1.54. The molecule has 0 unspecified atom stereocenters. The molecule has 2 heterocycles. The van der Waals surface area contributed by atoms with Gasteiger partial charge >= 0.3 is 11.6 Å². The Morgan fingerprint density at radius 3 is 2.69 bits per heavy atom. The molecule has 166 valence electrons. The molecule has 0 aliphatic carbocycles. The van der Waals surface area contributed by atoms with E-state index in [9.17, 15) is 14.4 Å². The van der Waals surface area contributed by atoms with Crippen molar-refractivity contribution in [3.63, 3.8) is 0 Å². The highest BCUT2D eigenvalue weighted by atomic mass is 16.5. The van der Waals surface area contributed by atoms with Gasteiger partial charge in [0.25, 0.3) is 0 Å². The number of hydrogen-bond acceptors (Lipinski definition) is 5. The van der Waals surface area contributed by atoms with Crippen LogP contribution in [0.3, 0.4) is 0 Å². The van der Waals surface area contributed by atoms with Gasteiger partial charge in [-0.2, -0.15) is 0 Å². The maximum atomic E-state index is 12.7. The Labute approximate surface area is 186 Å². The van der Waals surface area contributed by atoms with E-state index in [1.165, 1.54) is 6.07 Å². The van der Waals surface area contributed by atoms with Gasteiger partial charge < -0.3 is 14.1 Å². The van der Waals surface area contributed by atoms with E-state index in [0.29, 0.717) is 35.6 Å². The maximum absolute atomic E-state index is 12.7. The number of likely N-dealkylation sites (tertiary alicyclic amines) is 1. The van der Waals surface area contributed by atoms with Gasteiger partial charge in [-0.15, -0.1) is 0 Å². The Kier molecular flexibility index (Phi) is 6.12. The standard InChI is InChI=1S/C26H27NO5/c1-16(2)21-13-22-20(12-25(29)32-23(22)10-17(21)3)15-31-26(30)19-7-4-6-18(11-19)14-27-9-5-8-24(27)28/h4,6-7,10-13,16H,5,8-9,14-15H2,1-3H3. The molecule has 0 saturated carbocycles. The van der Waals surface area contributed by atoms with Crippen LogP contribution in [0.25, 0.3) is 11.0 Å². The molecule has 0 bridgehead atoms. The highest BCUT2D eigenvalue weighted by Gasteiger charge is 2.20. The van der Waals surface area contributed by atoms with Crippen molar-refractivity contribution in [2.24, 2.45) is 0 Å². The highest BCUT2D eigenvalue weighted by molar-refractivity contribution is 5.90. The van der Waals surface area contributed by atoms with Crippen LogP contribution in [0.4, 0.5) is 0 Å². The molecule has 0 N–H and O–H groups in total. The van der Waals surface area contributed by atoms with Crippen molar-refractivity contribution in [3.05, 3.63) is 80.7 Å². The van der Waals surface area contributed by atoms with Crippen LogP contribution in [0.2, 0.25) is 0 Å². The fourth-order valence-electron chi connectivity index (χ4n) is 4.25. The van der Waals surface area contributed by atoms with Crippen LogP contribution in [-0.2, 0) is 22.7 Å². The predicted molar refractivity (Wildman–Crippen MR) is 122 cm³/mol. The normalized spacial score (nSPS) is 13.9. The minimum atomic E-state index is -0.475. The second-order valence-electron chi connectivity index (χ2n) is 8.65. The molecule has 4 rings (SSSR count). The molecule has 32 heavy (non-hydrogen) atoms. The summed E-state index contributed by atoms with van der Waals surface area (Å²) in [5.41, 5.74) is 4.14. The van der Waals surface area contributed by atoms with Gasteiger partial charge in [0, 0.05) is 36.5 Å². The van der Waals surface area contributed by atoms with Crippen molar-refractivity contribution in [1.82, 2.24) is 4.90 Å². The first-order valence-corrected chi connectivity index (χ1v) is 10.9. The molecular weight excluding hydrogens is 406 g/mol. The summed E-state index contributed by atoms with van der Waals surface area (Å²) in [5.74, 6) is -0.0205. The summed E-state index contributed by atoms with van der Waals surface area (Å²) in [7, 11) is 0. The fraction of sp³-hybridized carbons (Fsp3) is 0.346. The third-order valence-corrected chi connectivity index (χ3v) is 5.91. The number of carbonyl (C=O) groups excluding carboxylic acids is 2. The number of rotatable bonds is 6. The molecule has 6 nitrogen and oxygen atoms in total. The Hall–Kier alpha value is -3.41. The number of esters is 1. The van der Waals surface area contributed by atoms with Crippen LogP contribution in [-0.4, -0.2) is 23.3 Å². The molecule has 0 radical (unpaired) electrons.